The van der Waals surface area contributed by atoms with Crippen LogP contribution in [0, 0.1) is 6.92 Å². The average Bonchev–Trinajstić information content (AvgIpc) is 2.71. The third kappa shape index (κ3) is 4.01. The standard InChI is InChI=1S/C22H25N3O3/c1-14-20(7-4-12-23-14)28-17-10-8-16(9-11-17)24-22(27)19-13-15-5-2-3-6-18(15)21(26)25-19/h2-7,12,16-17,19H,8-11,13H2,1H3,(H,24,27)(H,25,26). The fourth-order valence-corrected chi connectivity index (χ4v) is 3.99. The van der Waals surface area contributed by atoms with Crippen molar-refractivity contribution in [1.82, 2.24) is 15.6 Å². The zero-order valence-electron chi connectivity index (χ0n) is 16.0. The normalized spacial score (nSPS) is 24.0. The summed E-state index contributed by atoms with van der Waals surface area (Å²) in [6, 6.07) is 10.9. The number of nitrogens with one attached hydrogen (secondary N) is 2. The van der Waals surface area contributed by atoms with Crippen LogP contribution >= 0.6 is 0 Å². The molecule has 0 radical (unpaired) electrons. The summed E-state index contributed by atoms with van der Waals surface area (Å²) in [4.78, 5) is 29.2. The Labute approximate surface area is 164 Å². The fourth-order valence-electron chi connectivity index (χ4n) is 3.99. The van der Waals surface area contributed by atoms with Crippen molar-refractivity contribution in [1.29, 1.82) is 0 Å². The van der Waals surface area contributed by atoms with Gasteiger partial charge < -0.3 is 15.4 Å². The number of ether oxygens (including phenoxy) is 1. The smallest absolute Gasteiger partial charge is 0.252 e. The van der Waals surface area contributed by atoms with E-state index in [1.54, 1.807) is 12.3 Å². The molecule has 1 aliphatic heterocycles. The number of aromatic nitrogens is 1. The Kier molecular flexibility index (Phi) is 5.28. The summed E-state index contributed by atoms with van der Waals surface area (Å²) in [5.41, 5.74) is 2.48. The molecule has 0 saturated heterocycles. The second kappa shape index (κ2) is 8.00. The van der Waals surface area contributed by atoms with E-state index in [0.29, 0.717) is 12.0 Å². The van der Waals surface area contributed by atoms with Crippen molar-refractivity contribution in [3.8, 4) is 5.75 Å². The van der Waals surface area contributed by atoms with Crippen molar-refractivity contribution in [2.45, 2.75) is 57.2 Å². The monoisotopic (exact) mass is 379 g/mol. The Balaban J connectivity index is 1.29. The number of hydrogen-bond acceptors (Lipinski definition) is 4. The van der Waals surface area contributed by atoms with E-state index < -0.39 is 6.04 Å². The lowest BCUT2D eigenvalue weighted by atomic mass is 9.91. The van der Waals surface area contributed by atoms with E-state index in [9.17, 15) is 9.59 Å². The van der Waals surface area contributed by atoms with Crippen molar-refractivity contribution < 1.29 is 14.3 Å². The highest BCUT2D eigenvalue weighted by Gasteiger charge is 2.31. The Bertz CT molecular complexity index is 875. The van der Waals surface area contributed by atoms with E-state index in [-0.39, 0.29) is 24.0 Å². The third-order valence-corrected chi connectivity index (χ3v) is 5.58. The summed E-state index contributed by atoms with van der Waals surface area (Å²) < 4.78 is 6.08. The van der Waals surface area contributed by atoms with Crippen LogP contribution in [0.4, 0.5) is 0 Å². The summed E-state index contributed by atoms with van der Waals surface area (Å²) in [6.07, 6.45) is 5.96. The van der Waals surface area contributed by atoms with Crippen LogP contribution < -0.4 is 15.4 Å². The first kappa shape index (κ1) is 18.5. The second-order valence-electron chi connectivity index (χ2n) is 7.57. The van der Waals surface area contributed by atoms with Crippen LogP contribution in [-0.2, 0) is 11.2 Å². The van der Waals surface area contributed by atoms with Gasteiger partial charge in [0.1, 0.15) is 11.8 Å². The molecule has 6 heteroatoms. The molecule has 2 heterocycles. The maximum atomic E-state index is 12.7. The van der Waals surface area contributed by atoms with Crippen LogP contribution in [0.5, 0.6) is 5.75 Å². The lowest BCUT2D eigenvalue weighted by molar-refractivity contribution is -0.124. The van der Waals surface area contributed by atoms with Gasteiger partial charge in [0.2, 0.25) is 5.91 Å². The number of hydrogen-bond donors (Lipinski definition) is 2. The van der Waals surface area contributed by atoms with Crippen molar-refractivity contribution in [2.24, 2.45) is 0 Å². The van der Waals surface area contributed by atoms with E-state index >= 15 is 0 Å². The molecule has 1 unspecified atom stereocenters. The highest BCUT2D eigenvalue weighted by Crippen LogP contribution is 2.25. The molecule has 1 aromatic carbocycles. The highest BCUT2D eigenvalue weighted by atomic mass is 16.5. The van der Waals surface area contributed by atoms with Gasteiger partial charge in [-0.3, -0.25) is 14.6 Å². The fraction of sp³-hybridized carbons (Fsp3) is 0.409. The number of carbonyl (C=O) groups excluding carboxylic acids is 2. The molecule has 2 aliphatic rings. The van der Waals surface area contributed by atoms with E-state index in [2.05, 4.69) is 15.6 Å². The molecule has 28 heavy (non-hydrogen) atoms. The molecular formula is C22H25N3O3. The number of aryl methyl sites for hydroxylation is 1. The Hall–Kier alpha value is -2.89. The molecule has 0 bridgehead atoms. The predicted octanol–water partition coefficient (Wildman–Crippen LogP) is 2.55. The largest absolute Gasteiger partial charge is 0.489 e. The molecule has 1 atom stereocenters. The summed E-state index contributed by atoms with van der Waals surface area (Å²) in [5.74, 6) is 0.555. The number of rotatable bonds is 4. The SMILES string of the molecule is Cc1ncccc1OC1CCC(NC(=O)C2Cc3ccccc3C(=O)N2)CC1. The highest BCUT2D eigenvalue weighted by molar-refractivity contribution is 6.00. The van der Waals surface area contributed by atoms with Crippen LogP contribution in [0.3, 0.4) is 0 Å². The number of pyridine rings is 1. The number of carbonyl (C=O) groups is 2. The molecule has 0 spiro atoms. The zero-order valence-corrected chi connectivity index (χ0v) is 16.0. The van der Waals surface area contributed by atoms with Crippen molar-refractivity contribution >= 4 is 11.8 Å². The van der Waals surface area contributed by atoms with Gasteiger partial charge in [-0.1, -0.05) is 18.2 Å². The van der Waals surface area contributed by atoms with Gasteiger partial charge in [-0.15, -0.1) is 0 Å². The number of benzene rings is 1. The molecule has 2 aromatic rings. The van der Waals surface area contributed by atoms with Crippen molar-refractivity contribution in [3.05, 3.63) is 59.4 Å². The van der Waals surface area contributed by atoms with Gasteiger partial charge in [0.25, 0.3) is 5.91 Å². The predicted molar refractivity (Wildman–Crippen MR) is 105 cm³/mol. The van der Waals surface area contributed by atoms with Crippen LogP contribution in [0.2, 0.25) is 0 Å². The molecule has 1 fully saturated rings. The van der Waals surface area contributed by atoms with E-state index in [4.69, 9.17) is 4.74 Å². The van der Waals surface area contributed by atoms with Gasteiger partial charge in [0.15, 0.2) is 0 Å². The second-order valence-corrected chi connectivity index (χ2v) is 7.57. The maximum Gasteiger partial charge on any atom is 0.252 e. The molecule has 6 nitrogen and oxygen atoms in total. The first-order valence-electron chi connectivity index (χ1n) is 9.87. The summed E-state index contributed by atoms with van der Waals surface area (Å²) in [7, 11) is 0. The van der Waals surface area contributed by atoms with Crippen molar-refractivity contribution in [3.63, 3.8) is 0 Å². The maximum absolute atomic E-state index is 12.7. The van der Waals surface area contributed by atoms with Gasteiger partial charge in [0.05, 0.1) is 11.8 Å². The van der Waals surface area contributed by atoms with Crippen molar-refractivity contribution in [2.75, 3.05) is 0 Å². The first-order valence-corrected chi connectivity index (χ1v) is 9.87. The topological polar surface area (TPSA) is 80.3 Å². The number of nitrogens with zero attached hydrogens (tertiary/aromatic N) is 1. The van der Waals surface area contributed by atoms with Gasteiger partial charge in [-0.25, -0.2) is 0 Å². The van der Waals surface area contributed by atoms with Crippen LogP contribution in [0.1, 0.15) is 47.3 Å². The molecule has 146 valence electrons. The molecule has 2 N–H and O–H groups in total. The third-order valence-electron chi connectivity index (χ3n) is 5.58. The van der Waals surface area contributed by atoms with E-state index in [1.807, 2.05) is 37.3 Å². The van der Waals surface area contributed by atoms with E-state index in [0.717, 1.165) is 42.7 Å². The number of fused-ring (bicyclic) bond motifs is 1. The molecule has 4 rings (SSSR count). The minimum atomic E-state index is -0.505. The Morgan fingerprint density at radius 3 is 2.71 bits per heavy atom. The van der Waals surface area contributed by atoms with E-state index in [1.165, 1.54) is 0 Å². The Morgan fingerprint density at radius 2 is 1.93 bits per heavy atom. The van der Waals surface area contributed by atoms with Gasteiger partial charge >= 0.3 is 0 Å². The molecule has 1 aliphatic carbocycles. The van der Waals surface area contributed by atoms with Crippen LogP contribution in [0.25, 0.3) is 0 Å². The lowest BCUT2D eigenvalue weighted by Crippen LogP contribution is -2.53. The van der Waals surface area contributed by atoms with Gasteiger partial charge in [0, 0.05) is 24.2 Å². The summed E-state index contributed by atoms with van der Waals surface area (Å²) in [5, 5.41) is 5.94. The molecule has 1 aromatic heterocycles. The first-order chi connectivity index (χ1) is 13.6. The quantitative estimate of drug-likeness (QED) is 0.856. The summed E-state index contributed by atoms with van der Waals surface area (Å²) >= 11 is 0. The van der Waals surface area contributed by atoms with Gasteiger partial charge in [-0.2, -0.15) is 0 Å². The van der Waals surface area contributed by atoms with Gasteiger partial charge in [-0.05, 0) is 56.4 Å². The lowest BCUT2D eigenvalue weighted by Gasteiger charge is -2.32. The average molecular weight is 379 g/mol. The van der Waals surface area contributed by atoms with Crippen LogP contribution in [0.15, 0.2) is 42.6 Å². The molecule has 2 amide bonds. The minimum absolute atomic E-state index is 0.102. The number of amides is 2. The summed E-state index contributed by atoms with van der Waals surface area (Å²) in [6.45, 7) is 1.94. The molecule has 1 saturated carbocycles. The minimum Gasteiger partial charge on any atom is -0.489 e. The Morgan fingerprint density at radius 1 is 1.14 bits per heavy atom. The zero-order chi connectivity index (χ0) is 19.5. The molecular weight excluding hydrogens is 354 g/mol. The van der Waals surface area contributed by atoms with Crippen LogP contribution in [-0.4, -0.2) is 35.0 Å².